The van der Waals surface area contributed by atoms with Gasteiger partial charge in [0.1, 0.15) is 10.8 Å². The fourth-order valence-corrected chi connectivity index (χ4v) is 5.33. The van der Waals surface area contributed by atoms with E-state index in [-0.39, 0.29) is 37.4 Å². The Hall–Kier alpha value is -3.20. The summed E-state index contributed by atoms with van der Waals surface area (Å²) in [5.41, 5.74) is 6.36. The number of halogens is 2. The van der Waals surface area contributed by atoms with E-state index in [1.165, 1.54) is 28.0 Å². The van der Waals surface area contributed by atoms with E-state index in [2.05, 4.69) is 21.7 Å². The van der Waals surface area contributed by atoms with Crippen LogP contribution in [-0.4, -0.2) is 42.8 Å². The lowest BCUT2D eigenvalue weighted by Gasteiger charge is -2.31. The summed E-state index contributed by atoms with van der Waals surface area (Å²) in [5.74, 6) is 6.10. The van der Waals surface area contributed by atoms with Gasteiger partial charge in [0.2, 0.25) is 5.95 Å². The Balaban J connectivity index is 0.00000289. The van der Waals surface area contributed by atoms with E-state index in [4.69, 9.17) is 10.7 Å². The summed E-state index contributed by atoms with van der Waals surface area (Å²) in [6.45, 7) is 3.37. The van der Waals surface area contributed by atoms with Crippen LogP contribution in [0.15, 0.2) is 27.8 Å². The van der Waals surface area contributed by atoms with Crippen molar-refractivity contribution in [2.24, 2.45) is 12.8 Å². The number of rotatable bonds is 4. The van der Waals surface area contributed by atoms with Gasteiger partial charge in [-0.15, -0.1) is 29.7 Å². The number of fused-ring (bicyclic) bond motifs is 2. The second-order valence-electron chi connectivity index (χ2n) is 8.40. The molecule has 0 amide bonds. The van der Waals surface area contributed by atoms with Crippen LogP contribution in [0, 0.1) is 17.7 Å². The molecule has 184 valence electrons. The average molecular weight is 518 g/mol. The van der Waals surface area contributed by atoms with Crippen molar-refractivity contribution in [1.82, 2.24) is 23.7 Å². The van der Waals surface area contributed by atoms with Gasteiger partial charge in [0.05, 0.1) is 23.3 Å². The van der Waals surface area contributed by atoms with Crippen LogP contribution in [0.2, 0.25) is 0 Å². The molecule has 9 nitrogen and oxygen atoms in total. The summed E-state index contributed by atoms with van der Waals surface area (Å²) >= 11 is 1.32. The van der Waals surface area contributed by atoms with E-state index in [0.717, 1.165) is 28.7 Å². The molecule has 0 unspecified atom stereocenters. The number of anilines is 1. The first-order chi connectivity index (χ1) is 16.4. The minimum atomic E-state index is -0.490. The van der Waals surface area contributed by atoms with Gasteiger partial charge >= 0.3 is 5.69 Å². The van der Waals surface area contributed by atoms with Gasteiger partial charge in [-0.05, 0) is 31.9 Å². The Morgan fingerprint density at radius 2 is 2.06 bits per heavy atom. The number of benzene rings is 1. The molecule has 1 aliphatic heterocycles. The summed E-state index contributed by atoms with van der Waals surface area (Å²) in [7, 11) is 1.60. The molecule has 2 N–H and O–H groups in total. The van der Waals surface area contributed by atoms with Crippen LogP contribution in [0.1, 0.15) is 24.8 Å². The van der Waals surface area contributed by atoms with Crippen LogP contribution in [0.3, 0.4) is 0 Å². The largest absolute Gasteiger partial charge is 0.341 e. The normalized spacial score (nSPS) is 15.8. The van der Waals surface area contributed by atoms with E-state index < -0.39 is 11.2 Å². The predicted molar refractivity (Wildman–Crippen MR) is 138 cm³/mol. The van der Waals surface area contributed by atoms with Gasteiger partial charge in [-0.1, -0.05) is 5.92 Å². The zero-order valence-corrected chi connectivity index (χ0v) is 21.0. The molecule has 4 aromatic rings. The fourth-order valence-electron chi connectivity index (χ4n) is 4.39. The van der Waals surface area contributed by atoms with E-state index >= 15 is 0 Å². The molecule has 0 bridgehead atoms. The molecule has 0 saturated carbocycles. The highest BCUT2D eigenvalue weighted by atomic mass is 35.5. The van der Waals surface area contributed by atoms with Gasteiger partial charge in [-0.2, -0.15) is 4.98 Å². The van der Waals surface area contributed by atoms with Gasteiger partial charge < -0.3 is 10.6 Å². The van der Waals surface area contributed by atoms with Crippen molar-refractivity contribution in [2.45, 2.75) is 38.9 Å². The molecule has 1 atom stereocenters. The number of hydrogen-bond donors (Lipinski definition) is 1. The molecule has 5 rings (SSSR count). The molecule has 12 heteroatoms. The van der Waals surface area contributed by atoms with Crippen LogP contribution in [0.25, 0.3) is 21.4 Å². The molecule has 4 heterocycles. The fraction of sp³-hybridized carbons (Fsp3) is 0.391. The molecular formula is C23H25ClFN7O2S. The minimum Gasteiger partial charge on any atom is -0.341 e. The third-order valence-electron chi connectivity index (χ3n) is 6.05. The maximum atomic E-state index is 13.6. The van der Waals surface area contributed by atoms with Crippen molar-refractivity contribution in [3.63, 3.8) is 0 Å². The molecule has 0 aliphatic carbocycles. The van der Waals surface area contributed by atoms with E-state index in [9.17, 15) is 14.0 Å². The van der Waals surface area contributed by atoms with Crippen molar-refractivity contribution in [1.29, 1.82) is 0 Å². The second-order valence-corrected chi connectivity index (χ2v) is 9.51. The molecule has 35 heavy (non-hydrogen) atoms. The van der Waals surface area contributed by atoms with Crippen LogP contribution < -0.4 is 21.9 Å². The lowest BCUT2D eigenvalue weighted by molar-refractivity contribution is 0.496. The highest BCUT2D eigenvalue weighted by Gasteiger charge is 2.26. The topological polar surface area (TPSA) is 104 Å². The SMILES string of the molecule is CC#CCn1c(N2CCC[C@@H](N)C2)nc2c1c(=O)n(Cc1nc3cc(F)ccc3s1)c(=O)n2C.Cl. The second kappa shape index (κ2) is 9.81. The van der Waals surface area contributed by atoms with Crippen molar-refractivity contribution in [3.05, 3.63) is 49.9 Å². The highest BCUT2D eigenvalue weighted by molar-refractivity contribution is 7.18. The number of nitrogens with zero attached hydrogens (tertiary/aromatic N) is 6. The summed E-state index contributed by atoms with van der Waals surface area (Å²) in [5, 5.41) is 0.542. The molecule has 0 radical (unpaired) electrons. The molecule has 1 fully saturated rings. The van der Waals surface area contributed by atoms with E-state index in [1.54, 1.807) is 24.6 Å². The number of thiazole rings is 1. The van der Waals surface area contributed by atoms with Crippen molar-refractivity contribution >= 4 is 51.1 Å². The van der Waals surface area contributed by atoms with Crippen LogP contribution in [-0.2, 0) is 20.1 Å². The predicted octanol–water partition coefficient (Wildman–Crippen LogP) is 2.07. The van der Waals surface area contributed by atoms with Gasteiger partial charge in [0.15, 0.2) is 11.2 Å². The van der Waals surface area contributed by atoms with Crippen LogP contribution in [0.5, 0.6) is 0 Å². The lowest BCUT2D eigenvalue weighted by atomic mass is 10.1. The lowest BCUT2D eigenvalue weighted by Crippen LogP contribution is -2.44. The first-order valence-electron chi connectivity index (χ1n) is 11.0. The standard InChI is InChI=1S/C23H24FN7O2S.ClH/c1-3-4-10-30-19-20(27-22(30)29-9-5-6-15(25)12-29)28(2)23(33)31(21(19)32)13-18-26-16-11-14(24)7-8-17(16)34-18;/h7-8,11,15H,5-6,9-10,12-13,25H2,1-2H3;1H/t15-;/m1./s1. The monoisotopic (exact) mass is 517 g/mol. The van der Waals surface area contributed by atoms with E-state index in [1.807, 2.05) is 0 Å². The molecule has 0 spiro atoms. The Labute approximate surface area is 210 Å². The molecule has 1 saturated heterocycles. The maximum Gasteiger partial charge on any atom is 0.332 e. The third-order valence-corrected chi connectivity index (χ3v) is 7.08. The van der Waals surface area contributed by atoms with Gasteiger partial charge in [0.25, 0.3) is 5.56 Å². The Bertz CT molecular complexity index is 1590. The first kappa shape index (κ1) is 24.9. The van der Waals surface area contributed by atoms with Gasteiger partial charge in [-0.3, -0.25) is 18.5 Å². The van der Waals surface area contributed by atoms with Crippen molar-refractivity contribution in [2.75, 3.05) is 18.0 Å². The third kappa shape index (κ3) is 4.45. The molecular weight excluding hydrogens is 493 g/mol. The minimum absolute atomic E-state index is 0. The number of aromatic nitrogens is 5. The van der Waals surface area contributed by atoms with Crippen LogP contribution >= 0.6 is 23.7 Å². The first-order valence-corrected chi connectivity index (χ1v) is 11.8. The quantitative estimate of drug-likeness (QED) is 0.416. The molecule has 1 aromatic carbocycles. The van der Waals surface area contributed by atoms with Crippen LogP contribution in [0.4, 0.5) is 10.3 Å². The number of aryl methyl sites for hydroxylation is 1. The van der Waals surface area contributed by atoms with Crippen molar-refractivity contribution in [3.8, 4) is 11.8 Å². The number of piperidine rings is 1. The highest BCUT2D eigenvalue weighted by Crippen LogP contribution is 2.25. The molecule has 3 aromatic heterocycles. The maximum absolute atomic E-state index is 13.6. The average Bonchev–Trinajstić information content (AvgIpc) is 3.40. The summed E-state index contributed by atoms with van der Waals surface area (Å²) in [6, 6.07) is 4.36. The smallest absolute Gasteiger partial charge is 0.332 e. The number of hydrogen-bond acceptors (Lipinski definition) is 7. The summed E-state index contributed by atoms with van der Waals surface area (Å²) in [6.07, 6.45) is 1.86. The summed E-state index contributed by atoms with van der Waals surface area (Å²) < 4.78 is 18.7. The van der Waals surface area contributed by atoms with Gasteiger partial charge in [-0.25, -0.2) is 14.2 Å². The summed E-state index contributed by atoms with van der Waals surface area (Å²) in [4.78, 5) is 38.0. The zero-order valence-electron chi connectivity index (χ0n) is 19.3. The Kier molecular flexibility index (Phi) is 6.98. The zero-order chi connectivity index (χ0) is 24.0. The van der Waals surface area contributed by atoms with Gasteiger partial charge in [0, 0.05) is 32.2 Å². The number of imidazole rings is 1. The van der Waals surface area contributed by atoms with Crippen molar-refractivity contribution < 1.29 is 4.39 Å². The number of nitrogens with two attached hydrogens (primary N) is 1. The molecule has 1 aliphatic rings. The van der Waals surface area contributed by atoms with E-state index in [0.29, 0.717) is 34.2 Å². The Morgan fingerprint density at radius 1 is 1.26 bits per heavy atom. The Morgan fingerprint density at radius 3 is 2.80 bits per heavy atom.